The van der Waals surface area contributed by atoms with Gasteiger partial charge in [-0.25, -0.2) is 0 Å². The van der Waals surface area contributed by atoms with E-state index in [4.69, 9.17) is 0 Å². The number of likely N-dealkylation sites (N-methyl/N-ethyl adjacent to an activating group) is 1. The summed E-state index contributed by atoms with van der Waals surface area (Å²) in [6, 6.07) is 9.79. The Morgan fingerprint density at radius 3 is 2.40 bits per heavy atom. The molecule has 1 aliphatic carbocycles. The van der Waals surface area contributed by atoms with Gasteiger partial charge in [0.05, 0.1) is 15.8 Å². The molecule has 1 aliphatic rings. The van der Waals surface area contributed by atoms with Crippen LogP contribution < -0.4 is 0 Å². The molecule has 2 rings (SSSR count). The first-order chi connectivity index (χ1) is 9.68. The van der Waals surface area contributed by atoms with Crippen LogP contribution in [0.3, 0.4) is 0 Å². The number of halogens is 1. The van der Waals surface area contributed by atoms with Crippen LogP contribution in [0.4, 0.5) is 5.69 Å². The summed E-state index contributed by atoms with van der Waals surface area (Å²) in [5.41, 5.74) is 1.79. The topological polar surface area (TPSA) is 28.0 Å². The summed E-state index contributed by atoms with van der Waals surface area (Å²) < 4.78 is -0.0811. The molecule has 3 nitrogen and oxygen atoms in total. The summed E-state index contributed by atoms with van der Waals surface area (Å²) in [7, 11) is 0. The highest BCUT2D eigenvalue weighted by Gasteiger charge is 2.30. The van der Waals surface area contributed by atoms with Crippen molar-refractivity contribution in [1.82, 2.24) is 4.90 Å². The largest absolute Gasteiger partial charge is 0.286 e. The Hall–Kier alpha value is -1.26. The van der Waals surface area contributed by atoms with Crippen LogP contribution in [-0.4, -0.2) is 22.4 Å². The third-order valence-electron chi connectivity index (χ3n) is 3.43. The smallest absolute Gasteiger partial charge is 0.0991 e. The van der Waals surface area contributed by atoms with Crippen LogP contribution in [0.2, 0.25) is 0 Å². The predicted octanol–water partition coefficient (Wildman–Crippen LogP) is 5.05. The molecular weight excluding hydrogens is 314 g/mol. The van der Waals surface area contributed by atoms with Gasteiger partial charge in [0.1, 0.15) is 0 Å². The van der Waals surface area contributed by atoms with Crippen molar-refractivity contribution in [2.24, 2.45) is 10.2 Å². The van der Waals surface area contributed by atoms with Gasteiger partial charge in [-0.1, -0.05) is 60.1 Å². The Morgan fingerprint density at radius 2 is 1.85 bits per heavy atom. The number of azo groups is 1. The fourth-order valence-corrected chi connectivity index (χ4v) is 3.06. The monoisotopic (exact) mass is 333 g/mol. The molecule has 0 amide bonds. The fourth-order valence-electron chi connectivity index (χ4n) is 2.26. The van der Waals surface area contributed by atoms with E-state index < -0.39 is 0 Å². The molecule has 0 heterocycles. The van der Waals surface area contributed by atoms with Gasteiger partial charge in [0, 0.05) is 0 Å². The van der Waals surface area contributed by atoms with E-state index in [-0.39, 0.29) is 4.45 Å². The van der Waals surface area contributed by atoms with Gasteiger partial charge in [-0.2, -0.15) is 10.2 Å². The van der Waals surface area contributed by atoms with Crippen molar-refractivity contribution in [3.05, 3.63) is 54.3 Å². The van der Waals surface area contributed by atoms with Gasteiger partial charge in [-0.3, -0.25) is 4.90 Å². The average molecular weight is 334 g/mol. The second kappa shape index (κ2) is 6.95. The van der Waals surface area contributed by atoms with Crippen LogP contribution in [0, 0.1) is 0 Å². The Kier molecular flexibility index (Phi) is 5.26. The lowest BCUT2D eigenvalue weighted by molar-refractivity contribution is 0.232. The minimum Gasteiger partial charge on any atom is -0.286 e. The number of alkyl halides is 1. The molecule has 4 heteroatoms. The van der Waals surface area contributed by atoms with Gasteiger partial charge in [0.2, 0.25) is 0 Å². The molecule has 1 atom stereocenters. The van der Waals surface area contributed by atoms with Crippen LogP contribution >= 0.6 is 15.9 Å². The van der Waals surface area contributed by atoms with E-state index in [2.05, 4.69) is 57.1 Å². The quantitative estimate of drug-likeness (QED) is 0.421. The standard InChI is InChI=1S/C16H20BrN3/c1-3-20(4-2)16(17)12-10-15(11-13-16)19-18-14-8-6-5-7-9-14/h5-12H,3-4,13H2,1-2H3. The van der Waals surface area contributed by atoms with Gasteiger partial charge in [0.25, 0.3) is 0 Å². The number of benzene rings is 1. The van der Waals surface area contributed by atoms with Crippen molar-refractivity contribution < 1.29 is 0 Å². The molecule has 0 bridgehead atoms. The van der Waals surface area contributed by atoms with Crippen LogP contribution in [0.5, 0.6) is 0 Å². The molecule has 0 N–H and O–H groups in total. The average Bonchev–Trinajstić information content (AvgIpc) is 2.49. The minimum absolute atomic E-state index is 0.0811. The number of hydrogen-bond acceptors (Lipinski definition) is 3. The van der Waals surface area contributed by atoms with Crippen LogP contribution in [0.15, 0.2) is 64.5 Å². The highest BCUT2D eigenvalue weighted by Crippen LogP contribution is 2.33. The van der Waals surface area contributed by atoms with Gasteiger partial charge in [0.15, 0.2) is 0 Å². The maximum absolute atomic E-state index is 4.29. The molecule has 106 valence electrons. The highest BCUT2D eigenvalue weighted by atomic mass is 79.9. The Balaban J connectivity index is 2.04. The maximum Gasteiger partial charge on any atom is 0.0991 e. The maximum atomic E-state index is 4.29. The van der Waals surface area contributed by atoms with E-state index in [1.54, 1.807) is 0 Å². The first kappa shape index (κ1) is 15.1. The zero-order valence-corrected chi connectivity index (χ0v) is 13.5. The Labute approximate surface area is 129 Å². The van der Waals surface area contributed by atoms with Gasteiger partial charge in [-0.15, -0.1) is 0 Å². The lowest BCUT2D eigenvalue weighted by Gasteiger charge is -2.36. The molecule has 0 aromatic heterocycles. The molecule has 0 saturated carbocycles. The third kappa shape index (κ3) is 3.64. The molecule has 1 aromatic rings. The zero-order valence-electron chi connectivity index (χ0n) is 12.0. The van der Waals surface area contributed by atoms with Crippen molar-refractivity contribution >= 4 is 21.6 Å². The van der Waals surface area contributed by atoms with Crippen LogP contribution in [-0.2, 0) is 0 Å². The van der Waals surface area contributed by atoms with Crippen molar-refractivity contribution in [3.8, 4) is 0 Å². The summed E-state index contributed by atoms with van der Waals surface area (Å²) in [4.78, 5) is 2.38. The predicted molar refractivity (Wildman–Crippen MR) is 87.4 cm³/mol. The number of allylic oxidation sites excluding steroid dienone is 1. The van der Waals surface area contributed by atoms with E-state index in [0.717, 1.165) is 30.9 Å². The van der Waals surface area contributed by atoms with Crippen molar-refractivity contribution in [1.29, 1.82) is 0 Å². The zero-order chi connectivity index (χ0) is 14.4. The molecule has 0 radical (unpaired) electrons. The SMILES string of the molecule is CCN(CC)C1(Br)C=CC(N=Nc2ccccc2)=CC1. The molecule has 0 saturated heterocycles. The lowest BCUT2D eigenvalue weighted by Crippen LogP contribution is -2.42. The van der Waals surface area contributed by atoms with Crippen molar-refractivity contribution in [2.75, 3.05) is 13.1 Å². The van der Waals surface area contributed by atoms with Crippen LogP contribution in [0.1, 0.15) is 20.3 Å². The Morgan fingerprint density at radius 1 is 1.15 bits per heavy atom. The fraction of sp³-hybridized carbons (Fsp3) is 0.375. The summed E-state index contributed by atoms with van der Waals surface area (Å²) in [6.07, 6.45) is 7.22. The number of hydrogen-bond donors (Lipinski definition) is 0. The van der Waals surface area contributed by atoms with Crippen molar-refractivity contribution in [2.45, 2.75) is 24.7 Å². The molecule has 1 aromatic carbocycles. The molecular formula is C16H20BrN3. The number of nitrogens with zero attached hydrogens (tertiary/aromatic N) is 3. The van der Waals surface area contributed by atoms with E-state index in [1.165, 1.54) is 0 Å². The molecule has 1 unspecified atom stereocenters. The van der Waals surface area contributed by atoms with Crippen molar-refractivity contribution in [3.63, 3.8) is 0 Å². The third-order valence-corrected chi connectivity index (χ3v) is 4.52. The van der Waals surface area contributed by atoms with Gasteiger partial charge in [-0.05, 0) is 37.7 Å². The summed E-state index contributed by atoms with van der Waals surface area (Å²) in [5.74, 6) is 0. The molecule has 0 aliphatic heterocycles. The van der Waals surface area contributed by atoms with E-state index >= 15 is 0 Å². The van der Waals surface area contributed by atoms with Crippen LogP contribution in [0.25, 0.3) is 0 Å². The normalized spacial score (nSPS) is 22.5. The van der Waals surface area contributed by atoms with Gasteiger partial charge >= 0.3 is 0 Å². The summed E-state index contributed by atoms with van der Waals surface area (Å²) >= 11 is 3.83. The van der Waals surface area contributed by atoms with E-state index in [1.807, 2.05) is 36.4 Å². The lowest BCUT2D eigenvalue weighted by atomic mass is 10.1. The first-order valence-electron chi connectivity index (χ1n) is 6.98. The minimum atomic E-state index is -0.0811. The Bertz CT molecular complexity index is 518. The second-order valence-corrected chi connectivity index (χ2v) is 6.07. The number of rotatable bonds is 5. The molecule has 0 fully saturated rings. The summed E-state index contributed by atoms with van der Waals surface area (Å²) in [6.45, 7) is 6.38. The van der Waals surface area contributed by atoms with E-state index in [9.17, 15) is 0 Å². The van der Waals surface area contributed by atoms with Gasteiger partial charge < -0.3 is 0 Å². The van der Waals surface area contributed by atoms with E-state index in [0.29, 0.717) is 0 Å². The first-order valence-corrected chi connectivity index (χ1v) is 7.77. The summed E-state index contributed by atoms with van der Waals surface area (Å²) in [5, 5.41) is 8.53. The molecule has 0 spiro atoms. The second-order valence-electron chi connectivity index (χ2n) is 4.69. The molecule has 20 heavy (non-hydrogen) atoms. The highest BCUT2D eigenvalue weighted by molar-refractivity contribution is 9.10.